The Kier molecular flexibility index (Phi) is 6.19. The molecule has 0 spiro atoms. The van der Waals surface area contributed by atoms with E-state index in [1.54, 1.807) is 30.8 Å². The SMILES string of the molecule is CSc1ccc(C[NH+](C)CC(=O)Nc2ccc(C)c(F)c2)cc1. The molecule has 0 aromatic heterocycles. The molecule has 3 nitrogen and oxygen atoms in total. The third kappa shape index (κ3) is 5.37. The van der Waals surface area contributed by atoms with Gasteiger partial charge < -0.3 is 10.2 Å². The number of carbonyl (C=O) groups excluding carboxylic acids is 1. The number of rotatable bonds is 6. The summed E-state index contributed by atoms with van der Waals surface area (Å²) in [7, 11) is 1.97. The van der Waals surface area contributed by atoms with E-state index in [0.29, 0.717) is 17.8 Å². The minimum Gasteiger partial charge on any atom is -0.326 e. The van der Waals surface area contributed by atoms with Crippen LogP contribution >= 0.6 is 11.8 Å². The summed E-state index contributed by atoms with van der Waals surface area (Å²) in [5.74, 6) is -0.427. The van der Waals surface area contributed by atoms with Crippen molar-refractivity contribution in [1.82, 2.24) is 0 Å². The maximum Gasteiger partial charge on any atom is 0.279 e. The molecule has 0 saturated heterocycles. The molecule has 2 rings (SSSR count). The molecular formula is C18H22FN2OS+. The number of halogens is 1. The Labute approximate surface area is 140 Å². The number of quaternary nitrogens is 1. The fourth-order valence-corrected chi connectivity index (χ4v) is 2.71. The predicted octanol–water partition coefficient (Wildman–Crippen LogP) is 2.51. The first-order chi connectivity index (χ1) is 11.0. The number of amides is 1. The smallest absolute Gasteiger partial charge is 0.279 e. The molecule has 2 aromatic carbocycles. The van der Waals surface area contributed by atoms with Crippen molar-refractivity contribution in [3.63, 3.8) is 0 Å². The minimum absolute atomic E-state index is 0.119. The number of aryl methyl sites for hydroxylation is 1. The highest BCUT2D eigenvalue weighted by atomic mass is 32.2. The van der Waals surface area contributed by atoms with Crippen LogP contribution in [-0.4, -0.2) is 25.8 Å². The zero-order valence-corrected chi connectivity index (χ0v) is 14.5. The molecule has 2 N–H and O–H groups in total. The van der Waals surface area contributed by atoms with Crippen molar-refractivity contribution < 1.29 is 14.1 Å². The van der Waals surface area contributed by atoms with Gasteiger partial charge in [0.15, 0.2) is 6.54 Å². The highest BCUT2D eigenvalue weighted by Gasteiger charge is 2.11. The molecule has 23 heavy (non-hydrogen) atoms. The number of likely N-dealkylation sites (N-methyl/N-ethyl adjacent to an activating group) is 1. The van der Waals surface area contributed by atoms with Gasteiger partial charge in [-0.25, -0.2) is 4.39 Å². The van der Waals surface area contributed by atoms with Crippen LogP contribution in [-0.2, 0) is 11.3 Å². The van der Waals surface area contributed by atoms with E-state index in [9.17, 15) is 9.18 Å². The zero-order valence-electron chi connectivity index (χ0n) is 13.7. The van der Waals surface area contributed by atoms with Crippen molar-refractivity contribution in [3.8, 4) is 0 Å². The Hall–Kier alpha value is -1.85. The van der Waals surface area contributed by atoms with Crippen molar-refractivity contribution in [2.24, 2.45) is 0 Å². The van der Waals surface area contributed by atoms with E-state index in [1.807, 2.05) is 13.3 Å². The maximum atomic E-state index is 13.5. The third-order valence-corrected chi connectivity index (χ3v) is 4.33. The molecule has 2 aromatic rings. The molecule has 0 fully saturated rings. The van der Waals surface area contributed by atoms with Crippen molar-refractivity contribution >= 4 is 23.4 Å². The van der Waals surface area contributed by atoms with E-state index in [0.717, 1.165) is 11.4 Å². The molecule has 0 bridgehead atoms. The van der Waals surface area contributed by atoms with Crippen LogP contribution in [0.2, 0.25) is 0 Å². The number of hydrogen-bond donors (Lipinski definition) is 2. The second-order valence-electron chi connectivity index (χ2n) is 5.67. The average Bonchev–Trinajstić information content (AvgIpc) is 2.51. The lowest BCUT2D eigenvalue weighted by atomic mass is 10.2. The van der Waals surface area contributed by atoms with Gasteiger partial charge in [0.2, 0.25) is 0 Å². The molecule has 0 aliphatic rings. The molecule has 1 atom stereocenters. The van der Waals surface area contributed by atoms with Gasteiger partial charge in [-0.15, -0.1) is 11.8 Å². The lowest BCUT2D eigenvalue weighted by Gasteiger charge is -2.14. The van der Waals surface area contributed by atoms with E-state index < -0.39 is 0 Å². The third-order valence-electron chi connectivity index (χ3n) is 3.58. The highest BCUT2D eigenvalue weighted by molar-refractivity contribution is 7.98. The summed E-state index contributed by atoms with van der Waals surface area (Å²) in [5.41, 5.74) is 2.25. The summed E-state index contributed by atoms with van der Waals surface area (Å²) < 4.78 is 13.5. The van der Waals surface area contributed by atoms with Crippen LogP contribution in [0.3, 0.4) is 0 Å². The summed E-state index contributed by atoms with van der Waals surface area (Å²) in [5, 5.41) is 2.74. The van der Waals surface area contributed by atoms with Crippen LogP contribution in [0, 0.1) is 12.7 Å². The second kappa shape index (κ2) is 8.13. The number of nitrogens with one attached hydrogen (secondary N) is 2. The first-order valence-electron chi connectivity index (χ1n) is 7.48. The predicted molar refractivity (Wildman–Crippen MR) is 93.4 cm³/mol. The van der Waals surface area contributed by atoms with Crippen molar-refractivity contribution in [1.29, 1.82) is 0 Å². The van der Waals surface area contributed by atoms with Gasteiger partial charge in [-0.2, -0.15) is 0 Å². The normalized spacial score (nSPS) is 12.0. The number of benzene rings is 2. The summed E-state index contributed by atoms with van der Waals surface area (Å²) >= 11 is 1.71. The number of anilines is 1. The Balaban J connectivity index is 1.87. The second-order valence-corrected chi connectivity index (χ2v) is 6.55. The van der Waals surface area contributed by atoms with Gasteiger partial charge in [0.25, 0.3) is 5.91 Å². The molecule has 0 radical (unpaired) electrons. The van der Waals surface area contributed by atoms with E-state index in [-0.39, 0.29) is 11.7 Å². The van der Waals surface area contributed by atoms with Crippen LogP contribution in [0.1, 0.15) is 11.1 Å². The van der Waals surface area contributed by atoms with E-state index in [1.165, 1.54) is 16.5 Å². The first kappa shape index (κ1) is 17.5. The lowest BCUT2D eigenvalue weighted by Crippen LogP contribution is -3.08. The largest absolute Gasteiger partial charge is 0.326 e. The minimum atomic E-state index is -0.308. The molecule has 0 saturated carbocycles. The quantitative estimate of drug-likeness (QED) is 0.797. The van der Waals surface area contributed by atoms with Crippen LogP contribution < -0.4 is 10.2 Å². The van der Waals surface area contributed by atoms with Crippen molar-refractivity contribution in [2.75, 3.05) is 25.2 Å². The summed E-state index contributed by atoms with van der Waals surface area (Å²) in [4.78, 5) is 14.4. The van der Waals surface area contributed by atoms with Gasteiger partial charge in [-0.3, -0.25) is 4.79 Å². The summed E-state index contributed by atoms with van der Waals surface area (Å²) in [6.07, 6.45) is 2.05. The van der Waals surface area contributed by atoms with Gasteiger partial charge in [0.1, 0.15) is 12.4 Å². The molecular weight excluding hydrogens is 311 g/mol. The molecule has 122 valence electrons. The summed E-state index contributed by atoms with van der Waals surface area (Å²) in [6, 6.07) is 13.1. The van der Waals surface area contributed by atoms with Crippen LogP contribution in [0.25, 0.3) is 0 Å². The van der Waals surface area contributed by atoms with E-state index >= 15 is 0 Å². The molecule has 0 heterocycles. The lowest BCUT2D eigenvalue weighted by molar-refractivity contribution is -0.885. The molecule has 5 heteroatoms. The van der Waals surface area contributed by atoms with Gasteiger partial charge >= 0.3 is 0 Å². The number of hydrogen-bond acceptors (Lipinski definition) is 2. The number of carbonyl (C=O) groups is 1. The van der Waals surface area contributed by atoms with Crippen LogP contribution in [0.15, 0.2) is 47.4 Å². The maximum absolute atomic E-state index is 13.5. The van der Waals surface area contributed by atoms with Gasteiger partial charge in [-0.05, 0) is 43.0 Å². The monoisotopic (exact) mass is 333 g/mol. The first-order valence-corrected chi connectivity index (χ1v) is 8.70. The van der Waals surface area contributed by atoms with Gasteiger partial charge in [0, 0.05) is 16.1 Å². The van der Waals surface area contributed by atoms with Crippen molar-refractivity contribution in [3.05, 3.63) is 59.4 Å². The molecule has 1 amide bonds. The average molecular weight is 333 g/mol. The molecule has 1 unspecified atom stereocenters. The van der Waals surface area contributed by atoms with Gasteiger partial charge in [-0.1, -0.05) is 18.2 Å². The topological polar surface area (TPSA) is 33.5 Å². The van der Waals surface area contributed by atoms with E-state index in [2.05, 4.69) is 29.6 Å². The highest BCUT2D eigenvalue weighted by Crippen LogP contribution is 2.14. The Morgan fingerprint density at radius 3 is 2.52 bits per heavy atom. The Bertz CT molecular complexity index is 673. The fraction of sp³-hybridized carbons (Fsp3) is 0.278. The zero-order chi connectivity index (χ0) is 16.8. The Morgan fingerprint density at radius 2 is 1.91 bits per heavy atom. The Morgan fingerprint density at radius 1 is 1.22 bits per heavy atom. The van der Waals surface area contributed by atoms with Crippen molar-refractivity contribution in [2.45, 2.75) is 18.4 Å². The van der Waals surface area contributed by atoms with Crippen LogP contribution in [0.5, 0.6) is 0 Å². The van der Waals surface area contributed by atoms with Crippen LogP contribution in [0.4, 0.5) is 10.1 Å². The van der Waals surface area contributed by atoms with Gasteiger partial charge in [0.05, 0.1) is 7.05 Å². The molecule has 0 aliphatic heterocycles. The summed E-state index contributed by atoms with van der Waals surface area (Å²) in [6.45, 7) is 2.80. The van der Waals surface area contributed by atoms with E-state index in [4.69, 9.17) is 0 Å². The number of thioether (sulfide) groups is 1. The standard InChI is InChI=1S/C18H21FN2OS/c1-13-4-7-15(10-17(13)19)20-18(22)12-21(2)11-14-5-8-16(23-3)9-6-14/h4-10H,11-12H2,1-3H3,(H,20,22)/p+1. The molecule has 0 aliphatic carbocycles. The fourth-order valence-electron chi connectivity index (χ4n) is 2.30.